The molecule has 9 heteroatoms. The first-order valence-electron chi connectivity index (χ1n) is 9.13. The van der Waals surface area contributed by atoms with E-state index in [2.05, 4.69) is 20.2 Å². The molecule has 2 aromatic carbocycles. The average molecular weight is 441 g/mol. The van der Waals surface area contributed by atoms with Crippen LogP contribution in [0.25, 0.3) is 10.9 Å². The van der Waals surface area contributed by atoms with E-state index in [9.17, 15) is 14.7 Å². The molecule has 0 radical (unpaired) electrons. The van der Waals surface area contributed by atoms with E-state index in [1.807, 2.05) is 32.0 Å². The molecule has 7 nitrogen and oxygen atoms in total. The van der Waals surface area contributed by atoms with Crippen molar-refractivity contribution in [2.45, 2.75) is 25.5 Å². The minimum Gasteiger partial charge on any atom is -0.493 e. The second-order valence-electron chi connectivity index (χ2n) is 7.00. The van der Waals surface area contributed by atoms with Crippen molar-refractivity contribution >= 4 is 56.8 Å². The fraction of sp³-hybridized carbons (Fsp3) is 0.190. The number of aryl methyl sites for hydroxylation is 2. The van der Waals surface area contributed by atoms with Crippen molar-refractivity contribution in [3.05, 3.63) is 58.1 Å². The Bertz CT molecular complexity index is 1250. The zero-order valence-electron chi connectivity index (χ0n) is 16.1. The maximum atomic E-state index is 12.5. The molecule has 0 fully saturated rings. The molecule has 3 aromatic rings. The number of carbonyl (C=O) groups is 2. The summed E-state index contributed by atoms with van der Waals surface area (Å²) in [4.78, 5) is 31.5. The van der Waals surface area contributed by atoms with Gasteiger partial charge in [0.1, 0.15) is 5.25 Å². The first-order valence-corrected chi connectivity index (χ1v) is 10.4. The Morgan fingerprint density at radius 1 is 1.23 bits per heavy atom. The van der Waals surface area contributed by atoms with Crippen LogP contribution in [0.2, 0.25) is 5.02 Å². The minimum atomic E-state index is -0.652. The number of rotatable bonds is 4. The van der Waals surface area contributed by atoms with Crippen LogP contribution >= 0.6 is 23.4 Å². The number of thioether (sulfide) groups is 1. The average Bonchev–Trinajstić information content (AvgIpc) is 3.20. The molecule has 0 aliphatic carbocycles. The molecule has 1 aliphatic rings. The molecule has 1 atom stereocenters. The second kappa shape index (κ2) is 8.04. The number of Topliss-reactive ketones (excluding diaryl/α,β-unsaturated/α-hetero) is 1. The molecule has 152 valence electrons. The zero-order chi connectivity index (χ0) is 21.4. The van der Waals surface area contributed by atoms with E-state index < -0.39 is 11.2 Å². The number of aromatic amines is 1. The van der Waals surface area contributed by atoms with Gasteiger partial charge in [-0.05, 0) is 49.7 Å². The van der Waals surface area contributed by atoms with Crippen LogP contribution in [0.4, 0.5) is 5.69 Å². The number of aromatic hydroxyl groups is 1. The quantitative estimate of drug-likeness (QED) is 0.412. The van der Waals surface area contributed by atoms with Gasteiger partial charge in [-0.3, -0.25) is 9.59 Å². The van der Waals surface area contributed by atoms with Crippen molar-refractivity contribution in [1.82, 2.24) is 4.98 Å². The third kappa shape index (κ3) is 4.01. The summed E-state index contributed by atoms with van der Waals surface area (Å²) in [5.41, 5.74) is 3.31. The van der Waals surface area contributed by atoms with Crippen LogP contribution in [0.1, 0.15) is 27.9 Å². The van der Waals surface area contributed by atoms with Crippen LogP contribution in [0.3, 0.4) is 0 Å². The Hall–Kier alpha value is -2.97. The van der Waals surface area contributed by atoms with Gasteiger partial charge in [-0.2, -0.15) is 4.99 Å². The second-order valence-corrected chi connectivity index (χ2v) is 8.58. The van der Waals surface area contributed by atoms with E-state index in [4.69, 9.17) is 11.6 Å². The first kappa shape index (κ1) is 20.3. The maximum Gasteiger partial charge on any atom is 0.262 e. The van der Waals surface area contributed by atoms with Crippen molar-refractivity contribution in [3.8, 4) is 5.88 Å². The smallest absolute Gasteiger partial charge is 0.262 e. The van der Waals surface area contributed by atoms with E-state index in [-0.39, 0.29) is 28.9 Å². The fourth-order valence-electron chi connectivity index (χ4n) is 3.12. The molecule has 0 bridgehead atoms. The summed E-state index contributed by atoms with van der Waals surface area (Å²) in [5.74, 6) is -0.704. The van der Waals surface area contributed by atoms with Crippen LogP contribution in [0.15, 0.2) is 51.6 Å². The van der Waals surface area contributed by atoms with E-state index in [0.717, 1.165) is 33.8 Å². The topological polar surface area (TPSA) is 107 Å². The number of amides is 1. The standard InChI is InChI=1S/C21H17ClN4O3S/c1-10-3-6-15-13(7-10)18(20(29)23-15)25-26-21-24-19(28)17(30-21)9-16(27)12-4-5-14(22)11(2)8-12/h3-8,17,23,29H,9H2,1-2H3. The molecule has 0 spiro atoms. The number of benzene rings is 2. The Morgan fingerprint density at radius 3 is 2.80 bits per heavy atom. The van der Waals surface area contributed by atoms with Gasteiger partial charge >= 0.3 is 0 Å². The number of aliphatic imine (C=N–C) groups is 1. The predicted molar refractivity (Wildman–Crippen MR) is 118 cm³/mol. The number of amidine groups is 1. The number of ketones is 1. The molecule has 1 unspecified atom stereocenters. The number of hydrogen-bond acceptors (Lipinski definition) is 6. The predicted octanol–water partition coefficient (Wildman–Crippen LogP) is 5.50. The lowest BCUT2D eigenvalue weighted by Crippen LogP contribution is -2.16. The fourth-order valence-corrected chi connectivity index (χ4v) is 4.11. The molecule has 1 aromatic heterocycles. The van der Waals surface area contributed by atoms with Gasteiger partial charge in [-0.25, -0.2) is 0 Å². The molecule has 1 amide bonds. The van der Waals surface area contributed by atoms with Crippen LogP contribution in [-0.2, 0) is 4.79 Å². The number of H-pyrrole nitrogens is 1. The van der Waals surface area contributed by atoms with Gasteiger partial charge in [-0.1, -0.05) is 35.0 Å². The van der Waals surface area contributed by atoms with Gasteiger partial charge in [0.15, 0.2) is 11.5 Å². The summed E-state index contributed by atoms with van der Waals surface area (Å²) >= 11 is 7.09. The number of carbonyl (C=O) groups excluding carboxylic acids is 2. The monoisotopic (exact) mass is 440 g/mol. The van der Waals surface area contributed by atoms with Crippen molar-refractivity contribution < 1.29 is 14.7 Å². The lowest BCUT2D eigenvalue weighted by molar-refractivity contribution is -0.117. The number of aromatic nitrogens is 1. The number of nitrogens with one attached hydrogen (secondary N) is 1. The Kier molecular flexibility index (Phi) is 5.44. The SMILES string of the molecule is Cc1ccc2[nH]c(O)c(N=NC3=NC(=O)C(CC(=O)c4ccc(Cl)c(C)c4)S3)c2c1. The van der Waals surface area contributed by atoms with E-state index >= 15 is 0 Å². The lowest BCUT2D eigenvalue weighted by Gasteiger charge is -2.06. The first-order chi connectivity index (χ1) is 14.3. The van der Waals surface area contributed by atoms with Crippen molar-refractivity contribution in [1.29, 1.82) is 0 Å². The van der Waals surface area contributed by atoms with Crippen molar-refractivity contribution in [3.63, 3.8) is 0 Å². The number of nitrogens with zero attached hydrogens (tertiary/aromatic N) is 3. The van der Waals surface area contributed by atoms with Gasteiger partial charge in [0.25, 0.3) is 5.91 Å². The molecular formula is C21H17ClN4O3S. The summed E-state index contributed by atoms with van der Waals surface area (Å²) in [6.45, 7) is 3.75. The van der Waals surface area contributed by atoms with Crippen LogP contribution < -0.4 is 0 Å². The molecule has 4 rings (SSSR count). The van der Waals surface area contributed by atoms with Gasteiger partial charge < -0.3 is 10.1 Å². The van der Waals surface area contributed by atoms with Crippen LogP contribution in [0, 0.1) is 13.8 Å². The van der Waals surface area contributed by atoms with Crippen molar-refractivity contribution in [2.24, 2.45) is 15.2 Å². The van der Waals surface area contributed by atoms with Gasteiger partial charge in [0, 0.05) is 22.4 Å². The highest BCUT2D eigenvalue weighted by Gasteiger charge is 2.31. The zero-order valence-corrected chi connectivity index (χ0v) is 17.7. The highest BCUT2D eigenvalue weighted by molar-refractivity contribution is 8.15. The minimum absolute atomic E-state index is 0.00459. The van der Waals surface area contributed by atoms with E-state index in [1.54, 1.807) is 18.2 Å². The van der Waals surface area contributed by atoms with E-state index in [0.29, 0.717) is 10.6 Å². The normalized spacial score (nSPS) is 16.6. The molecule has 0 saturated heterocycles. The molecule has 1 aliphatic heterocycles. The van der Waals surface area contributed by atoms with Gasteiger partial charge in [0.05, 0.1) is 5.52 Å². The van der Waals surface area contributed by atoms with Gasteiger partial charge in [-0.15, -0.1) is 10.2 Å². The molecule has 30 heavy (non-hydrogen) atoms. The number of azo groups is 1. The highest BCUT2D eigenvalue weighted by Crippen LogP contribution is 2.37. The molecule has 2 heterocycles. The summed E-state index contributed by atoms with van der Waals surface area (Å²) in [6.07, 6.45) is 0.00459. The highest BCUT2D eigenvalue weighted by atomic mass is 35.5. The maximum absolute atomic E-state index is 12.5. The molecule has 2 N–H and O–H groups in total. The van der Waals surface area contributed by atoms with Crippen molar-refractivity contribution in [2.75, 3.05) is 0 Å². The molecular weight excluding hydrogens is 424 g/mol. The number of halogens is 1. The van der Waals surface area contributed by atoms with Gasteiger partial charge in [0.2, 0.25) is 11.0 Å². The van der Waals surface area contributed by atoms with Crippen LogP contribution in [-0.4, -0.2) is 32.2 Å². The Balaban J connectivity index is 1.48. The third-order valence-electron chi connectivity index (χ3n) is 4.72. The summed E-state index contributed by atoms with van der Waals surface area (Å²) in [6, 6.07) is 10.7. The largest absolute Gasteiger partial charge is 0.493 e. The van der Waals surface area contributed by atoms with Crippen LogP contribution in [0.5, 0.6) is 5.88 Å². The number of fused-ring (bicyclic) bond motifs is 1. The third-order valence-corrected chi connectivity index (χ3v) is 6.18. The Morgan fingerprint density at radius 2 is 2.03 bits per heavy atom. The summed E-state index contributed by atoms with van der Waals surface area (Å²) in [5, 5.41) is 19.0. The summed E-state index contributed by atoms with van der Waals surface area (Å²) in [7, 11) is 0. The molecule has 0 saturated carbocycles. The Labute approximate surface area is 181 Å². The van der Waals surface area contributed by atoms with E-state index in [1.165, 1.54) is 0 Å². The number of hydrogen-bond donors (Lipinski definition) is 2. The lowest BCUT2D eigenvalue weighted by atomic mass is 10.0. The summed E-state index contributed by atoms with van der Waals surface area (Å²) < 4.78 is 0.